The zero-order valence-electron chi connectivity index (χ0n) is 32.3. The molecule has 4 aromatic rings. The molecule has 6 rings (SSSR count). The van der Waals surface area contributed by atoms with Crippen molar-refractivity contribution in [3.8, 4) is 23.0 Å². The minimum absolute atomic E-state index is 0.263. The molecular weight excluding hydrogens is 757 g/mol. The van der Waals surface area contributed by atoms with Crippen LogP contribution in [0.15, 0.2) is 84.9 Å². The molecule has 2 aliphatic rings. The van der Waals surface area contributed by atoms with E-state index in [1.54, 1.807) is 36.4 Å². The topological polar surface area (TPSA) is 201 Å². The van der Waals surface area contributed by atoms with E-state index in [2.05, 4.69) is 10.6 Å². The number of benzene rings is 4. The van der Waals surface area contributed by atoms with Crippen molar-refractivity contribution in [1.82, 2.24) is 0 Å². The van der Waals surface area contributed by atoms with E-state index in [9.17, 15) is 30.6 Å². The molecule has 0 aromatic heterocycles. The third kappa shape index (κ3) is 9.88. The largest absolute Gasteiger partial charge is 0.497 e. The molecule has 0 unspecified atom stereocenters. The summed E-state index contributed by atoms with van der Waals surface area (Å²) >= 11 is 0.490. The minimum atomic E-state index is -2.32. The number of thioether (sulfide) groups is 1. The van der Waals surface area contributed by atoms with Gasteiger partial charge in [0.05, 0.1) is 52.7 Å². The van der Waals surface area contributed by atoms with Gasteiger partial charge in [0.1, 0.15) is 60.6 Å². The molecule has 2 aliphatic heterocycles. The van der Waals surface area contributed by atoms with Crippen LogP contribution in [0.4, 0.5) is 11.4 Å². The summed E-state index contributed by atoms with van der Waals surface area (Å²) < 4.78 is 34.7. The first-order chi connectivity index (χ1) is 27.4. The summed E-state index contributed by atoms with van der Waals surface area (Å²) in [7, 11) is 2.99. The Bertz CT molecular complexity index is 1780. The first-order valence-electron chi connectivity index (χ1n) is 18.6. The molecule has 57 heavy (non-hydrogen) atoms. The van der Waals surface area contributed by atoms with Crippen molar-refractivity contribution in [2.75, 3.05) is 51.3 Å². The predicted molar refractivity (Wildman–Crippen MR) is 215 cm³/mol. The fourth-order valence-corrected chi connectivity index (χ4v) is 8.63. The molecule has 15 heteroatoms. The van der Waals surface area contributed by atoms with E-state index >= 15 is 0 Å². The zero-order chi connectivity index (χ0) is 40.7. The maximum Gasteiger partial charge on any atom is 0.164 e. The van der Waals surface area contributed by atoms with Crippen LogP contribution < -0.4 is 29.6 Å². The normalized spacial score (nSPS) is 27.3. The van der Waals surface area contributed by atoms with E-state index in [0.717, 1.165) is 22.3 Å². The van der Waals surface area contributed by atoms with Gasteiger partial charge in [-0.05, 0) is 25.0 Å². The first kappa shape index (κ1) is 42.3. The average Bonchev–Trinajstić information content (AvgIpc) is 3.20. The van der Waals surface area contributed by atoms with Crippen LogP contribution in [0, 0.1) is 13.8 Å². The minimum Gasteiger partial charge on any atom is -0.497 e. The number of hydrogen-bond donors (Lipinski definition) is 8. The maximum absolute atomic E-state index is 12.7. The summed E-state index contributed by atoms with van der Waals surface area (Å²) in [6.07, 6.45) is -5.49. The van der Waals surface area contributed by atoms with Crippen LogP contribution in [-0.4, -0.2) is 118 Å². The summed E-state index contributed by atoms with van der Waals surface area (Å²) in [5.41, 5.74) is 4.89. The number of rotatable bonds is 16. The van der Waals surface area contributed by atoms with Crippen LogP contribution in [0.2, 0.25) is 0 Å². The van der Waals surface area contributed by atoms with Gasteiger partial charge in [-0.3, -0.25) is 0 Å². The lowest BCUT2D eigenvalue weighted by atomic mass is 9.95. The molecule has 4 aromatic carbocycles. The summed E-state index contributed by atoms with van der Waals surface area (Å²) in [5, 5.41) is 75.6. The van der Waals surface area contributed by atoms with Gasteiger partial charge < -0.3 is 69.7 Å². The zero-order valence-corrected chi connectivity index (χ0v) is 33.1. The molecule has 0 aliphatic carbocycles. The molecule has 0 radical (unpaired) electrons. The van der Waals surface area contributed by atoms with Gasteiger partial charge in [0.25, 0.3) is 0 Å². The molecule has 8 atom stereocenters. The highest BCUT2D eigenvalue weighted by Crippen LogP contribution is 2.50. The van der Waals surface area contributed by atoms with E-state index in [4.69, 9.17) is 28.4 Å². The number of anilines is 2. The van der Waals surface area contributed by atoms with Gasteiger partial charge in [0.15, 0.2) is 9.87 Å². The smallest absolute Gasteiger partial charge is 0.164 e. The van der Waals surface area contributed by atoms with Gasteiger partial charge in [-0.25, -0.2) is 0 Å². The van der Waals surface area contributed by atoms with Crippen molar-refractivity contribution in [1.29, 1.82) is 0 Å². The maximum atomic E-state index is 12.7. The van der Waals surface area contributed by atoms with Crippen LogP contribution in [0.5, 0.6) is 23.0 Å². The SMILES string of the molecule is COc1cc(N[C@H]2[C@@H](O)CO[C@H](CO)[C@]2(O)S[C@@]2(O)[C@@H](CO)OC[C@H](O)[C@@H]2Nc2cc(OC)cc(OCc3ccc(C)cc3)c2)cc(OCc2ccc(C)cc2)c1. The van der Waals surface area contributed by atoms with Crippen molar-refractivity contribution in [2.24, 2.45) is 0 Å². The van der Waals surface area contributed by atoms with Crippen LogP contribution >= 0.6 is 11.8 Å². The molecule has 0 amide bonds. The number of aliphatic hydroxyl groups is 6. The Balaban J connectivity index is 1.30. The highest BCUT2D eigenvalue weighted by atomic mass is 32.2. The fraction of sp³-hybridized carbons (Fsp3) is 0.429. The molecule has 14 nitrogen and oxygen atoms in total. The summed E-state index contributed by atoms with van der Waals surface area (Å²) in [4.78, 5) is -4.64. The van der Waals surface area contributed by atoms with Gasteiger partial charge >= 0.3 is 0 Å². The van der Waals surface area contributed by atoms with E-state index in [-0.39, 0.29) is 26.4 Å². The number of nitrogens with one attached hydrogen (secondary N) is 2. The van der Waals surface area contributed by atoms with Gasteiger partial charge in [-0.2, -0.15) is 0 Å². The molecule has 0 bridgehead atoms. The summed E-state index contributed by atoms with van der Waals surface area (Å²) in [5.74, 6) is 1.70. The number of ether oxygens (including phenoxy) is 6. The lowest BCUT2D eigenvalue weighted by Crippen LogP contribution is -2.71. The van der Waals surface area contributed by atoms with E-state index in [0.29, 0.717) is 46.1 Å². The Morgan fingerprint density at radius 1 is 0.614 bits per heavy atom. The molecule has 2 fully saturated rings. The Kier molecular flexibility index (Phi) is 13.8. The Morgan fingerprint density at radius 3 is 1.33 bits per heavy atom. The second kappa shape index (κ2) is 18.5. The van der Waals surface area contributed by atoms with Crippen LogP contribution in [-0.2, 0) is 22.7 Å². The number of aliphatic hydroxyl groups excluding tert-OH is 4. The van der Waals surface area contributed by atoms with Gasteiger partial charge in [0, 0.05) is 47.8 Å². The Morgan fingerprint density at radius 2 is 0.982 bits per heavy atom. The third-order valence-electron chi connectivity index (χ3n) is 10.1. The predicted octanol–water partition coefficient (Wildman–Crippen LogP) is 3.35. The Hall–Kier alpha value is -4.29. The number of methoxy groups -OCH3 is 2. The van der Waals surface area contributed by atoms with Crippen LogP contribution in [0.1, 0.15) is 22.3 Å². The van der Waals surface area contributed by atoms with Crippen molar-refractivity contribution in [3.63, 3.8) is 0 Å². The highest BCUT2D eigenvalue weighted by molar-refractivity contribution is 8.01. The average molecular weight is 809 g/mol. The van der Waals surface area contributed by atoms with Crippen molar-refractivity contribution in [2.45, 2.75) is 73.4 Å². The quantitative estimate of drug-likeness (QED) is 0.0766. The second-order valence-electron chi connectivity index (χ2n) is 14.3. The van der Waals surface area contributed by atoms with Gasteiger partial charge in [0.2, 0.25) is 0 Å². The highest BCUT2D eigenvalue weighted by Gasteiger charge is 2.62. The lowest BCUT2D eigenvalue weighted by molar-refractivity contribution is -0.174. The monoisotopic (exact) mass is 808 g/mol. The van der Waals surface area contributed by atoms with Crippen LogP contribution in [0.3, 0.4) is 0 Å². The Labute approximate surface area is 336 Å². The summed E-state index contributed by atoms with van der Waals surface area (Å²) in [6.45, 7) is 2.55. The van der Waals surface area contributed by atoms with Crippen LogP contribution in [0.25, 0.3) is 0 Å². The number of aryl methyl sites for hydroxylation is 2. The van der Waals surface area contributed by atoms with Gasteiger partial charge in [-0.1, -0.05) is 71.4 Å². The number of hydrogen-bond acceptors (Lipinski definition) is 15. The van der Waals surface area contributed by atoms with E-state index in [1.165, 1.54) is 14.2 Å². The molecule has 308 valence electrons. The van der Waals surface area contributed by atoms with Crippen molar-refractivity contribution >= 4 is 23.1 Å². The fourth-order valence-electron chi connectivity index (χ4n) is 6.87. The molecular formula is C42H52N2O12S. The van der Waals surface area contributed by atoms with Gasteiger partial charge in [-0.15, -0.1) is 0 Å². The molecule has 8 N–H and O–H groups in total. The molecule has 2 heterocycles. The van der Waals surface area contributed by atoms with E-state index in [1.807, 2.05) is 62.4 Å². The van der Waals surface area contributed by atoms with Crippen molar-refractivity contribution in [3.05, 3.63) is 107 Å². The lowest BCUT2D eigenvalue weighted by Gasteiger charge is -2.54. The second-order valence-corrected chi connectivity index (χ2v) is 15.8. The molecule has 2 saturated heterocycles. The summed E-state index contributed by atoms with van der Waals surface area (Å²) in [6, 6.07) is 23.2. The third-order valence-corrected chi connectivity index (χ3v) is 11.8. The molecule has 0 saturated carbocycles. The molecule has 0 spiro atoms. The van der Waals surface area contributed by atoms with Crippen molar-refractivity contribution < 1.29 is 59.1 Å². The standard InChI is InChI=1S/C42H52N2O12S/c1-25-5-9-27(10-6-25)21-53-33-15-29(13-31(17-33)51-3)43-39-35(47)23-55-37(19-45)41(39,49)57-42(50)38(20-46)56-24-36(48)40(42)44-30-14-32(52-4)18-34(16-30)54-22-28-11-7-26(2)8-12-28/h5-18,35-40,43-50H,19-24H2,1-4H3/t35-,36-,37+,38+,39-,40-,41-,42-/m0/s1. The first-order valence-corrected chi connectivity index (χ1v) is 19.4. The van der Waals surface area contributed by atoms with E-state index < -0.39 is 59.6 Å².